The molecule has 0 N–H and O–H groups in total. The van der Waals surface area contributed by atoms with Crippen LogP contribution in [-0.2, 0) is 37.5 Å². The maximum atomic E-state index is 4.73. The molecular weight excluding hydrogens is 283 g/mol. The van der Waals surface area contributed by atoms with Crippen LogP contribution in [0.5, 0.6) is 0 Å². The summed E-state index contributed by atoms with van der Waals surface area (Å²) in [5.74, 6) is 0.350. The van der Waals surface area contributed by atoms with Gasteiger partial charge >= 0.3 is 0 Å². The summed E-state index contributed by atoms with van der Waals surface area (Å²) in [4.78, 5) is 4.73. The van der Waals surface area contributed by atoms with Gasteiger partial charge in [0.2, 0.25) is 0 Å². The minimum absolute atomic E-state index is 0. The van der Waals surface area contributed by atoms with Crippen LogP contribution in [0.25, 0.3) is 0 Å². The molecule has 0 spiro atoms. The molecule has 1 aromatic heterocycles. The zero-order chi connectivity index (χ0) is 10.5. The van der Waals surface area contributed by atoms with Crippen molar-refractivity contribution in [2.24, 2.45) is 5.16 Å². The third kappa shape index (κ3) is 2.93. The normalized spacial score (nSPS) is 10.7. The Morgan fingerprint density at radius 2 is 2.06 bits per heavy atom. The van der Waals surface area contributed by atoms with Gasteiger partial charge in [-0.15, -0.1) is 0 Å². The number of aromatic nitrogens is 4. The quantitative estimate of drug-likeness (QED) is 0.597. The first-order valence-corrected chi connectivity index (χ1v) is 4.27. The Labute approximate surface area is 117 Å². The molecule has 0 fully saturated rings. The predicted molar refractivity (Wildman–Crippen MR) is 52.2 cm³/mol. The molecule has 1 aromatic carbocycles. The summed E-state index contributed by atoms with van der Waals surface area (Å²) in [6.07, 6.45) is 0. The van der Waals surface area contributed by atoms with Crippen LogP contribution in [0.4, 0.5) is 0 Å². The van der Waals surface area contributed by atoms with Crippen molar-refractivity contribution in [1.29, 1.82) is 0 Å². The Hall–Kier alpha value is -1.14. The number of tetrazole rings is 1. The van der Waals surface area contributed by atoms with Crippen LogP contribution >= 0.6 is 0 Å². The topological polar surface area (TPSA) is 74.4 Å². The van der Waals surface area contributed by atoms with E-state index in [2.05, 4.69) is 25.8 Å². The smallest absolute Gasteiger partial charge is 0.124 e. The van der Waals surface area contributed by atoms with Crippen LogP contribution in [0.2, 0.25) is 0 Å². The van der Waals surface area contributed by atoms with Crippen LogP contribution in [0.15, 0.2) is 35.5 Å². The summed E-state index contributed by atoms with van der Waals surface area (Å²) in [7, 11) is 1.47. The number of hydrogen-bond donors (Lipinski definition) is 0. The second kappa shape index (κ2) is 6.45. The maximum Gasteiger partial charge on any atom is 0.124 e. The number of nitrogens with zero attached hydrogens (tertiary/aromatic N) is 5. The first kappa shape index (κ1) is 12.9. The fourth-order valence-corrected chi connectivity index (χ4v) is 1.15. The van der Waals surface area contributed by atoms with E-state index < -0.39 is 0 Å². The van der Waals surface area contributed by atoms with E-state index in [1.165, 1.54) is 7.11 Å². The van der Waals surface area contributed by atoms with Crippen molar-refractivity contribution in [1.82, 2.24) is 20.6 Å². The van der Waals surface area contributed by atoms with Gasteiger partial charge in [-0.2, -0.15) is 5.21 Å². The molecule has 0 saturated carbocycles. The van der Waals surface area contributed by atoms with E-state index in [1.807, 2.05) is 30.3 Å². The van der Waals surface area contributed by atoms with Gasteiger partial charge in [-0.25, -0.2) is 0 Å². The molecule has 0 unspecified atom stereocenters. The van der Waals surface area contributed by atoms with Gasteiger partial charge in [-0.05, 0) is 0 Å². The molecule has 2 rings (SSSR count). The third-order valence-corrected chi connectivity index (χ3v) is 1.76. The molecule has 79 valence electrons. The summed E-state index contributed by atoms with van der Waals surface area (Å²) in [6, 6.07) is 9.47. The molecule has 0 aliphatic carbocycles. The molecule has 1 radical (unpaired) electrons. The van der Waals surface area contributed by atoms with Gasteiger partial charge in [-0.3, -0.25) is 10.3 Å². The fraction of sp³-hybridized carbons (Fsp3) is 0.111. The molecule has 16 heavy (non-hydrogen) atoms. The van der Waals surface area contributed by atoms with Gasteiger partial charge in [0.25, 0.3) is 0 Å². The van der Waals surface area contributed by atoms with Crippen LogP contribution in [-0.4, -0.2) is 28.3 Å². The van der Waals surface area contributed by atoms with Crippen molar-refractivity contribution >= 4 is 5.71 Å². The van der Waals surface area contributed by atoms with Gasteiger partial charge < -0.3 is 9.94 Å². The Morgan fingerprint density at radius 3 is 2.62 bits per heavy atom. The average Bonchev–Trinajstić information content (AvgIpc) is 2.80. The summed E-state index contributed by atoms with van der Waals surface area (Å²) < 4.78 is 0. The van der Waals surface area contributed by atoms with Crippen molar-refractivity contribution in [3.8, 4) is 0 Å². The zero-order valence-corrected chi connectivity index (χ0v) is 11.4. The van der Waals surface area contributed by atoms with Crippen molar-refractivity contribution in [3.05, 3.63) is 41.7 Å². The van der Waals surface area contributed by atoms with E-state index >= 15 is 0 Å². The molecule has 0 atom stereocenters. The second-order valence-corrected chi connectivity index (χ2v) is 2.69. The van der Waals surface area contributed by atoms with Gasteiger partial charge in [0.15, 0.2) is 0 Å². The number of hydrogen-bond acceptors (Lipinski definition) is 5. The minimum atomic E-state index is 0. The monoisotopic (exact) mass is 291 g/mol. The molecule has 1 heterocycles. The maximum absolute atomic E-state index is 4.73. The van der Waals surface area contributed by atoms with Crippen molar-refractivity contribution in [3.63, 3.8) is 0 Å². The van der Waals surface area contributed by atoms with E-state index in [-0.39, 0.29) is 32.7 Å². The van der Waals surface area contributed by atoms with Crippen LogP contribution in [0.3, 0.4) is 0 Å². The van der Waals surface area contributed by atoms with E-state index in [0.29, 0.717) is 11.5 Å². The van der Waals surface area contributed by atoms with E-state index in [1.54, 1.807) is 0 Å². The largest absolute Gasteiger partial charge is 0.399 e. The third-order valence-electron chi connectivity index (χ3n) is 1.76. The van der Waals surface area contributed by atoms with Crippen LogP contribution in [0, 0.1) is 0 Å². The average molecular weight is 291 g/mol. The molecule has 2 aromatic rings. The van der Waals surface area contributed by atoms with Gasteiger partial charge in [0, 0.05) is 38.3 Å². The summed E-state index contributed by atoms with van der Waals surface area (Å²) >= 11 is 0. The molecule has 0 amide bonds. The van der Waals surface area contributed by atoms with Crippen LogP contribution in [0.1, 0.15) is 11.4 Å². The summed E-state index contributed by atoms with van der Waals surface area (Å²) in [5.41, 5.74) is 1.37. The number of benzene rings is 1. The second-order valence-electron chi connectivity index (χ2n) is 2.69. The van der Waals surface area contributed by atoms with E-state index in [9.17, 15) is 0 Å². The molecule has 0 aliphatic heterocycles. The Morgan fingerprint density at radius 1 is 1.31 bits per heavy atom. The van der Waals surface area contributed by atoms with Gasteiger partial charge in [0.1, 0.15) is 12.8 Å². The molecule has 0 aliphatic rings. The fourth-order valence-electron chi connectivity index (χ4n) is 1.15. The van der Waals surface area contributed by atoms with Crippen molar-refractivity contribution in [2.75, 3.05) is 7.11 Å². The predicted octanol–water partition coefficient (Wildman–Crippen LogP) is 0.225. The van der Waals surface area contributed by atoms with E-state index in [4.69, 9.17) is 4.84 Å². The number of rotatable bonds is 3. The number of oxime groups is 1. The summed E-state index contributed by atoms with van der Waals surface area (Å²) in [6.45, 7) is 0. The van der Waals surface area contributed by atoms with Crippen molar-refractivity contribution < 1.29 is 37.5 Å². The first-order chi connectivity index (χ1) is 7.42. The van der Waals surface area contributed by atoms with E-state index in [0.717, 1.165) is 5.56 Å². The SMILES string of the molecule is CON=C(c1ccccc1)c1nnn[n-]1.[Y]. The first-order valence-electron chi connectivity index (χ1n) is 4.27. The molecule has 6 nitrogen and oxygen atoms in total. The molecule has 0 saturated heterocycles. The Kier molecular flexibility index (Phi) is 5.21. The molecular formula is C9H8N5OY-. The Bertz CT molecular complexity index is 442. The zero-order valence-electron chi connectivity index (χ0n) is 8.61. The minimum Gasteiger partial charge on any atom is -0.399 e. The Balaban J connectivity index is 0.00000128. The standard InChI is InChI=1S/C9H8N5O.Y/c1-15-12-8(9-10-13-14-11-9)7-5-3-2-4-6-7;/h2-6H,1H3;/q-1;. The van der Waals surface area contributed by atoms with Crippen LogP contribution < -0.4 is 5.10 Å². The van der Waals surface area contributed by atoms with Gasteiger partial charge in [0.05, 0.1) is 5.82 Å². The summed E-state index contributed by atoms with van der Waals surface area (Å²) in [5, 5.41) is 18.1. The molecule has 0 bridgehead atoms. The van der Waals surface area contributed by atoms with Crippen molar-refractivity contribution in [2.45, 2.75) is 0 Å². The van der Waals surface area contributed by atoms with Gasteiger partial charge in [-0.1, -0.05) is 35.5 Å². The molecule has 7 heteroatoms.